The van der Waals surface area contributed by atoms with Crippen molar-refractivity contribution in [1.82, 2.24) is 15.8 Å². The second-order valence-electron chi connectivity index (χ2n) is 7.37. The molecule has 2 aromatic carbocycles. The first-order chi connectivity index (χ1) is 13.0. The van der Waals surface area contributed by atoms with E-state index in [9.17, 15) is 9.18 Å². The number of hydrogen-bond acceptors (Lipinski definition) is 4. The molecule has 2 N–H and O–H groups in total. The number of hydrazine groups is 1. The maximum Gasteiger partial charge on any atom is 0.229 e. The van der Waals surface area contributed by atoms with Gasteiger partial charge in [0.2, 0.25) is 5.91 Å². The van der Waals surface area contributed by atoms with Gasteiger partial charge in [0.15, 0.2) is 0 Å². The van der Waals surface area contributed by atoms with Crippen LogP contribution in [0.1, 0.15) is 22.7 Å². The van der Waals surface area contributed by atoms with Crippen LogP contribution in [0.15, 0.2) is 42.5 Å². The third-order valence-electron chi connectivity index (χ3n) is 5.36. The molecule has 0 aromatic heterocycles. The molecule has 2 atom stereocenters. The Morgan fingerprint density at radius 2 is 1.85 bits per heavy atom. The summed E-state index contributed by atoms with van der Waals surface area (Å²) in [6, 6.07) is 12.3. The second kappa shape index (κ2) is 7.29. The predicted molar refractivity (Wildman–Crippen MR) is 101 cm³/mol. The Morgan fingerprint density at radius 1 is 1.15 bits per heavy atom. The number of ether oxygens (including phenoxy) is 1. The van der Waals surface area contributed by atoms with E-state index >= 15 is 0 Å². The van der Waals surface area contributed by atoms with Crippen LogP contribution in [0.25, 0.3) is 0 Å². The zero-order valence-corrected chi connectivity index (χ0v) is 15.5. The van der Waals surface area contributed by atoms with Gasteiger partial charge < -0.3 is 9.64 Å². The number of carbonyl (C=O) groups excluding carboxylic acids is 1. The maximum atomic E-state index is 13.5. The average Bonchev–Trinajstić information content (AvgIpc) is 3.09. The molecule has 2 fully saturated rings. The van der Waals surface area contributed by atoms with Crippen LogP contribution >= 0.6 is 0 Å². The fraction of sp³-hybridized carbons (Fsp3) is 0.381. The summed E-state index contributed by atoms with van der Waals surface area (Å²) in [7, 11) is 0. The van der Waals surface area contributed by atoms with Crippen LogP contribution in [0.4, 0.5) is 4.39 Å². The van der Waals surface area contributed by atoms with Crippen LogP contribution < -0.4 is 15.6 Å². The lowest BCUT2D eigenvalue weighted by Gasteiger charge is -2.41. The van der Waals surface area contributed by atoms with E-state index in [0.717, 1.165) is 22.4 Å². The number of para-hydroxylation sites is 1. The summed E-state index contributed by atoms with van der Waals surface area (Å²) in [5.41, 5.74) is 9.14. The first-order valence-corrected chi connectivity index (χ1v) is 9.28. The summed E-state index contributed by atoms with van der Waals surface area (Å²) >= 11 is 0. The number of nitrogens with zero attached hydrogens (tertiary/aromatic N) is 1. The number of benzene rings is 2. The highest BCUT2D eigenvalue weighted by Crippen LogP contribution is 2.30. The molecule has 6 heteroatoms. The Morgan fingerprint density at radius 3 is 2.56 bits per heavy atom. The van der Waals surface area contributed by atoms with Crippen molar-refractivity contribution >= 4 is 5.91 Å². The van der Waals surface area contributed by atoms with E-state index in [1.165, 1.54) is 12.1 Å². The minimum Gasteiger partial charge on any atom is -0.486 e. The SMILES string of the molecule is Cc1cccc(C)c1OC1CN(C(=O)C2CNNC2c2cccc(F)c2)C1. The lowest BCUT2D eigenvalue weighted by molar-refractivity contribution is -0.144. The highest BCUT2D eigenvalue weighted by molar-refractivity contribution is 5.81. The van der Waals surface area contributed by atoms with Crippen LogP contribution in [0, 0.1) is 25.6 Å². The lowest BCUT2D eigenvalue weighted by Crippen LogP contribution is -2.58. The standard InChI is InChI=1S/C21H24FN3O2/c1-13-5-3-6-14(2)20(13)27-17-11-25(12-17)21(26)18-10-23-24-19(18)15-7-4-8-16(22)9-15/h3-9,17-19,23-24H,10-12H2,1-2H3. The first kappa shape index (κ1) is 17.9. The molecule has 0 aliphatic carbocycles. The molecule has 2 heterocycles. The van der Waals surface area contributed by atoms with E-state index in [0.29, 0.717) is 19.6 Å². The summed E-state index contributed by atoms with van der Waals surface area (Å²) in [5, 5.41) is 0. The Kier molecular flexibility index (Phi) is 4.85. The molecular formula is C21H24FN3O2. The Hall–Kier alpha value is -2.44. The van der Waals surface area contributed by atoms with E-state index in [-0.39, 0.29) is 29.8 Å². The zero-order valence-electron chi connectivity index (χ0n) is 15.5. The normalized spacial score (nSPS) is 22.6. The van der Waals surface area contributed by atoms with E-state index in [2.05, 4.69) is 10.9 Å². The Bertz CT molecular complexity index is 831. The first-order valence-electron chi connectivity index (χ1n) is 9.28. The van der Waals surface area contributed by atoms with Gasteiger partial charge in [0, 0.05) is 6.54 Å². The van der Waals surface area contributed by atoms with Crippen molar-refractivity contribution in [2.75, 3.05) is 19.6 Å². The summed E-state index contributed by atoms with van der Waals surface area (Å²) in [6.07, 6.45) is 0.0173. The Labute approximate surface area is 158 Å². The molecule has 0 bridgehead atoms. The van der Waals surface area contributed by atoms with Gasteiger partial charge in [-0.1, -0.05) is 30.3 Å². The third-order valence-corrected chi connectivity index (χ3v) is 5.36. The highest BCUT2D eigenvalue weighted by atomic mass is 19.1. The lowest BCUT2D eigenvalue weighted by atomic mass is 9.92. The van der Waals surface area contributed by atoms with Gasteiger partial charge in [-0.15, -0.1) is 0 Å². The molecule has 0 radical (unpaired) electrons. The number of aryl methyl sites for hydroxylation is 2. The number of likely N-dealkylation sites (tertiary alicyclic amines) is 1. The molecule has 2 unspecified atom stereocenters. The van der Waals surface area contributed by atoms with Crippen LogP contribution in [-0.4, -0.2) is 36.5 Å². The summed E-state index contributed by atoms with van der Waals surface area (Å²) in [6.45, 7) is 5.75. The number of hydrogen-bond donors (Lipinski definition) is 2. The Balaban J connectivity index is 1.38. The molecule has 0 spiro atoms. The molecule has 2 aliphatic heterocycles. The molecule has 4 rings (SSSR count). The monoisotopic (exact) mass is 369 g/mol. The van der Waals surface area contributed by atoms with Gasteiger partial charge in [-0.05, 0) is 42.7 Å². The molecule has 0 saturated carbocycles. The van der Waals surface area contributed by atoms with Crippen molar-refractivity contribution < 1.29 is 13.9 Å². The van der Waals surface area contributed by atoms with Gasteiger partial charge in [0.25, 0.3) is 0 Å². The van der Waals surface area contributed by atoms with Crippen molar-refractivity contribution in [2.45, 2.75) is 26.0 Å². The van der Waals surface area contributed by atoms with Gasteiger partial charge in [0.1, 0.15) is 17.7 Å². The number of rotatable bonds is 4. The van der Waals surface area contributed by atoms with Gasteiger partial charge >= 0.3 is 0 Å². The van der Waals surface area contributed by atoms with Crippen molar-refractivity contribution in [3.8, 4) is 5.75 Å². The molecule has 2 saturated heterocycles. The molecule has 5 nitrogen and oxygen atoms in total. The molecule has 142 valence electrons. The quantitative estimate of drug-likeness (QED) is 0.870. The average molecular weight is 369 g/mol. The minimum atomic E-state index is -0.293. The predicted octanol–water partition coefficient (Wildman–Crippen LogP) is 2.50. The number of nitrogens with one attached hydrogen (secondary N) is 2. The molecule has 1 amide bonds. The fourth-order valence-electron chi connectivity index (χ4n) is 3.82. The second-order valence-corrected chi connectivity index (χ2v) is 7.37. The molecule has 2 aliphatic rings. The fourth-order valence-corrected chi connectivity index (χ4v) is 3.82. The van der Waals surface area contributed by atoms with Gasteiger partial charge in [0.05, 0.1) is 25.0 Å². The van der Waals surface area contributed by atoms with Crippen LogP contribution in [-0.2, 0) is 4.79 Å². The van der Waals surface area contributed by atoms with E-state index < -0.39 is 0 Å². The van der Waals surface area contributed by atoms with Crippen LogP contribution in [0.3, 0.4) is 0 Å². The molecule has 2 aromatic rings. The highest BCUT2D eigenvalue weighted by Gasteiger charge is 2.41. The molecule has 27 heavy (non-hydrogen) atoms. The topological polar surface area (TPSA) is 53.6 Å². The van der Waals surface area contributed by atoms with E-state index in [1.807, 2.05) is 43.0 Å². The number of carbonyl (C=O) groups is 1. The van der Waals surface area contributed by atoms with Crippen molar-refractivity contribution in [3.63, 3.8) is 0 Å². The van der Waals surface area contributed by atoms with E-state index in [4.69, 9.17) is 4.74 Å². The largest absolute Gasteiger partial charge is 0.486 e. The number of amides is 1. The summed E-state index contributed by atoms with van der Waals surface area (Å²) in [5.74, 6) is 0.436. The van der Waals surface area contributed by atoms with Crippen molar-refractivity contribution in [2.24, 2.45) is 5.92 Å². The van der Waals surface area contributed by atoms with Gasteiger partial charge in [-0.25, -0.2) is 9.82 Å². The zero-order chi connectivity index (χ0) is 19.0. The smallest absolute Gasteiger partial charge is 0.229 e. The third kappa shape index (κ3) is 3.55. The number of halogens is 1. The van der Waals surface area contributed by atoms with E-state index in [1.54, 1.807) is 6.07 Å². The van der Waals surface area contributed by atoms with Gasteiger partial charge in [-0.2, -0.15) is 0 Å². The van der Waals surface area contributed by atoms with Crippen molar-refractivity contribution in [3.05, 3.63) is 65.0 Å². The van der Waals surface area contributed by atoms with Crippen molar-refractivity contribution in [1.29, 1.82) is 0 Å². The van der Waals surface area contributed by atoms with Crippen LogP contribution in [0.2, 0.25) is 0 Å². The summed E-state index contributed by atoms with van der Waals surface area (Å²) < 4.78 is 19.7. The maximum absolute atomic E-state index is 13.5. The van der Waals surface area contributed by atoms with Crippen LogP contribution in [0.5, 0.6) is 5.75 Å². The summed E-state index contributed by atoms with van der Waals surface area (Å²) in [4.78, 5) is 14.7. The molecular weight excluding hydrogens is 345 g/mol. The van der Waals surface area contributed by atoms with Gasteiger partial charge in [-0.3, -0.25) is 10.2 Å². The minimum absolute atomic E-state index is 0.0173.